The number of benzene rings is 2. The van der Waals surface area contributed by atoms with Crippen LogP contribution < -0.4 is 11.1 Å². The summed E-state index contributed by atoms with van der Waals surface area (Å²) in [6.45, 7) is 4.65. The van der Waals surface area contributed by atoms with Gasteiger partial charge in [0.25, 0.3) is 0 Å². The molecular formula is C19H22N2O2. The smallest absolute Gasteiger partial charge is 0.407 e. The molecule has 2 aromatic carbocycles. The Morgan fingerprint density at radius 2 is 1.83 bits per heavy atom. The lowest BCUT2D eigenvalue weighted by Gasteiger charge is -2.06. The van der Waals surface area contributed by atoms with Crippen molar-refractivity contribution in [3.05, 3.63) is 70.8 Å². The second-order valence-electron chi connectivity index (χ2n) is 5.41. The zero-order valence-electron chi connectivity index (χ0n) is 13.5. The highest BCUT2D eigenvalue weighted by Crippen LogP contribution is 2.19. The average molecular weight is 310 g/mol. The maximum absolute atomic E-state index is 11.6. The molecule has 23 heavy (non-hydrogen) atoms. The van der Waals surface area contributed by atoms with Crippen LogP contribution in [0.15, 0.2) is 48.5 Å². The van der Waals surface area contributed by atoms with Crippen LogP contribution in [0.4, 0.5) is 10.5 Å². The molecule has 0 bridgehead atoms. The van der Waals surface area contributed by atoms with Crippen molar-refractivity contribution >= 4 is 17.9 Å². The van der Waals surface area contributed by atoms with Gasteiger partial charge in [0, 0.05) is 12.2 Å². The number of anilines is 1. The molecule has 0 fully saturated rings. The summed E-state index contributed by atoms with van der Waals surface area (Å²) in [6.07, 6.45) is 3.41. The minimum atomic E-state index is -0.428. The van der Waals surface area contributed by atoms with E-state index in [9.17, 15) is 4.79 Å². The number of carbonyl (C=O) groups excluding carboxylic acids is 1. The van der Waals surface area contributed by atoms with Crippen LogP contribution in [0.2, 0.25) is 0 Å². The summed E-state index contributed by atoms with van der Waals surface area (Å²) in [5.41, 5.74) is 10.9. The van der Waals surface area contributed by atoms with Gasteiger partial charge in [-0.1, -0.05) is 42.5 Å². The van der Waals surface area contributed by atoms with E-state index < -0.39 is 6.09 Å². The van der Waals surface area contributed by atoms with Crippen molar-refractivity contribution in [2.24, 2.45) is 0 Å². The fourth-order valence-corrected chi connectivity index (χ4v) is 2.22. The van der Waals surface area contributed by atoms with Crippen LogP contribution in [0.5, 0.6) is 0 Å². The minimum absolute atomic E-state index is 0.271. The maximum Gasteiger partial charge on any atom is 0.407 e. The summed E-state index contributed by atoms with van der Waals surface area (Å²) in [4.78, 5) is 11.6. The molecule has 0 saturated heterocycles. The van der Waals surface area contributed by atoms with E-state index in [2.05, 4.69) is 5.32 Å². The fraction of sp³-hybridized carbons (Fsp3) is 0.211. The van der Waals surface area contributed by atoms with Crippen LogP contribution in [0.25, 0.3) is 6.08 Å². The van der Waals surface area contributed by atoms with E-state index in [4.69, 9.17) is 10.5 Å². The summed E-state index contributed by atoms with van der Waals surface area (Å²) in [6, 6.07) is 13.6. The minimum Gasteiger partial charge on any atom is -0.445 e. The normalized spacial score (nSPS) is 10.7. The van der Waals surface area contributed by atoms with E-state index in [1.54, 1.807) is 0 Å². The van der Waals surface area contributed by atoms with Crippen LogP contribution in [0.3, 0.4) is 0 Å². The highest BCUT2D eigenvalue weighted by molar-refractivity contribution is 5.68. The average Bonchev–Trinajstić information content (AvgIpc) is 2.55. The van der Waals surface area contributed by atoms with Crippen LogP contribution in [-0.2, 0) is 11.3 Å². The molecular weight excluding hydrogens is 288 g/mol. The third kappa shape index (κ3) is 5.18. The number of hydrogen-bond acceptors (Lipinski definition) is 3. The van der Waals surface area contributed by atoms with E-state index in [1.807, 2.05) is 68.5 Å². The van der Waals surface area contributed by atoms with Gasteiger partial charge in [-0.05, 0) is 48.2 Å². The number of ether oxygens (including phenoxy) is 1. The Labute approximate surface area is 137 Å². The molecule has 0 unspecified atom stereocenters. The van der Waals surface area contributed by atoms with Gasteiger partial charge in [-0.15, -0.1) is 0 Å². The Balaban J connectivity index is 1.77. The van der Waals surface area contributed by atoms with Crippen molar-refractivity contribution in [3.63, 3.8) is 0 Å². The molecule has 0 radical (unpaired) electrons. The second kappa shape index (κ2) is 8.03. The molecule has 1 amide bonds. The highest BCUT2D eigenvalue weighted by atomic mass is 16.5. The summed E-state index contributed by atoms with van der Waals surface area (Å²) in [5, 5.41) is 2.69. The first-order valence-electron chi connectivity index (χ1n) is 7.54. The summed E-state index contributed by atoms with van der Waals surface area (Å²) >= 11 is 0. The highest BCUT2D eigenvalue weighted by Gasteiger charge is 2.01. The number of amides is 1. The Hall–Kier alpha value is -2.75. The predicted molar refractivity (Wildman–Crippen MR) is 94.0 cm³/mol. The van der Waals surface area contributed by atoms with E-state index >= 15 is 0 Å². The van der Waals surface area contributed by atoms with Crippen molar-refractivity contribution in [1.82, 2.24) is 5.32 Å². The molecule has 0 aromatic heterocycles. The quantitative estimate of drug-likeness (QED) is 0.825. The van der Waals surface area contributed by atoms with Gasteiger partial charge in [0.05, 0.1) is 0 Å². The van der Waals surface area contributed by atoms with Crippen LogP contribution in [-0.4, -0.2) is 12.6 Å². The van der Waals surface area contributed by atoms with Gasteiger partial charge in [0.15, 0.2) is 0 Å². The maximum atomic E-state index is 11.6. The van der Waals surface area contributed by atoms with Gasteiger partial charge in [-0.3, -0.25) is 0 Å². The lowest BCUT2D eigenvalue weighted by atomic mass is 10.0. The summed E-state index contributed by atoms with van der Waals surface area (Å²) < 4.78 is 5.13. The van der Waals surface area contributed by atoms with Gasteiger partial charge in [0.1, 0.15) is 6.61 Å². The zero-order chi connectivity index (χ0) is 16.7. The van der Waals surface area contributed by atoms with Crippen LogP contribution in [0, 0.1) is 13.8 Å². The van der Waals surface area contributed by atoms with E-state index in [0.717, 1.165) is 27.9 Å². The summed E-state index contributed by atoms with van der Waals surface area (Å²) in [7, 11) is 0. The number of rotatable bonds is 5. The summed E-state index contributed by atoms with van der Waals surface area (Å²) in [5.74, 6) is 0. The number of nitrogen functional groups attached to an aromatic ring is 1. The van der Waals surface area contributed by atoms with Crippen LogP contribution in [0.1, 0.15) is 22.3 Å². The Kier molecular flexibility index (Phi) is 5.80. The number of aryl methyl sites for hydroxylation is 2. The van der Waals surface area contributed by atoms with Gasteiger partial charge < -0.3 is 15.8 Å². The van der Waals surface area contributed by atoms with E-state index in [0.29, 0.717) is 6.54 Å². The first kappa shape index (κ1) is 16.6. The number of carbonyl (C=O) groups is 1. The molecule has 2 aromatic rings. The standard InChI is InChI=1S/C19H22N2O2/c1-14-11-17(12-15(2)18(14)20)9-6-10-21-19(22)23-13-16-7-4-3-5-8-16/h3-9,11-12H,10,13,20H2,1-2H3,(H,21,22). The molecule has 4 heteroatoms. The number of nitrogens with two attached hydrogens (primary N) is 1. The monoisotopic (exact) mass is 310 g/mol. The van der Waals surface area contributed by atoms with E-state index in [-0.39, 0.29) is 6.61 Å². The first-order valence-corrected chi connectivity index (χ1v) is 7.54. The van der Waals surface area contributed by atoms with Crippen molar-refractivity contribution < 1.29 is 9.53 Å². The van der Waals surface area contributed by atoms with Gasteiger partial charge in [0.2, 0.25) is 0 Å². The molecule has 0 saturated carbocycles. The van der Waals surface area contributed by atoms with Gasteiger partial charge in [-0.25, -0.2) is 4.79 Å². The molecule has 0 atom stereocenters. The van der Waals surface area contributed by atoms with Gasteiger partial charge >= 0.3 is 6.09 Å². The number of hydrogen-bond donors (Lipinski definition) is 2. The molecule has 0 aliphatic rings. The van der Waals surface area contributed by atoms with Crippen LogP contribution >= 0.6 is 0 Å². The molecule has 2 rings (SSSR count). The number of nitrogens with one attached hydrogen (secondary N) is 1. The Morgan fingerprint density at radius 3 is 2.48 bits per heavy atom. The molecule has 4 nitrogen and oxygen atoms in total. The molecule has 3 N–H and O–H groups in total. The molecule has 0 aliphatic heterocycles. The molecule has 120 valence electrons. The van der Waals surface area contributed by atoms with Crippen molar-refractivity contribution in [3.8, 4) is 0 Å². The van der Waals surface area contributed by atoms with Crippen molar-refractivity contribution in [2.75, 3.05) is 12.3 Å². The third-order valence-electron chi connectivity index (χ3n) is 3.50. The lowest BCUT2D eigenvalue weighted by molar-refractivity contribution is 0.141. The molecule has 0 aliphatic carbocycles. The number of alkyl carbamates (subject to hydrolysis) is 1. The fourth-order valence-electron chi connectivity index (χ4n) is 2.22. The van der Waals surface area contributed by atoms with Gasteiger partial charge in [-0.2, -0.15) is 0 Å². The second-order valence-corrected chi connectivity index (χ2v) is 5.41. The lowest BCUT2D eigenvalue weighted by Crippen LogP contribution is -2.24. The Bertz CT molecular complexity index is 671. The topological polar surface area (TPSA) is 64.3 Å². The SMILES string of the molecule is Cc1cc(C=CCNC(=O)OCc2ccccc2)cc(C)c1N. The predicted octanol–water partition coefficient (Wildman–Crippen LogP) is 3.83. The Morgan fingerprint density at radius 1 is 1.17 bits per heavy atom. The van der Waals surface area contributed by atoms with Crippen molar-refractivity contribution in [1.29, 1.82) is 0 Å². The largest absolute Gasteiger partial charge is 0.445 e. The van der Waals surface area contributed by atoms with Crippen molar-refractivity contribution in [2.45, 2.75) is 20.5 Å². The molecule has 0 heterocycles. The molecule has 0 spiro atoms. The van der Waals surface area contributed by atoms with E-state index in [1.165, 1.54) is 0 Å². The first-order chi connectivity index (χ1) is 11.1. The third-order valence-corrected chi connectivity index (χ3v) is 3.50. The zero-order valence-corrected chi connectivity index (χ0v) is 13.5.